The van der Waals surface area contributed by atoms with Crippen molar-refractivity contribution in [2.45, 2.75) is 95.8 Å². The van der Waals surface area contributed by atoms with E-state index in [1.54, 1.807) is 0 Å². The first-order valence-electron chi connectivity index (χ1n) is 19.8. The Labute approximate surface area is 332 Å². The van der Waals surface area contributed by atoms with Gasteiger partial charge in [-0.1, -0.05) is 53.7 Å². The summed E-state index contributed by atoms with van der Waals surface area (Å²) in [5.41, 5.74) is 8.64. The smallest absolute Gasteiger partial charge is 0.235 e. The zero-order valence-electron chi connectivity index (χ0n) is 33.7. The SMILES string of the molecule is CC(C)(C)c1cc2cc(NC(=O)C3(c4ccc5c(c4)OCO5)CC3)ccc2[nH]1.Cc1c(C(C)(C)C)[nH]c2ccc(NC(=O)C3(c4ccc5c(c4)OCO5)CC3)cc12. The highest BCUT2D eigenvalue weighted by atomic mass is 16.7. The lowest BCUT2D eigenvalue weighted by atomic mass is 9.89. The maximum Gasteiger partial charge on any atom is 0.235 e. The van der Waals surface area contributed by atoms with Crippen molar-refractivity contribution in [3.05, 3.63) is 107 Å². The third kappa shape index (κ3) is 6.64. The van der Waals surface area contributed by atoms with Gasteiger partial charge >= 0.3 is 0 Å². The van der Waals surface area contributed by atoms with Crippen molar-refractivity contribution in [1.29, 1.82) is 0 Å². The van der Waals surface area contributed by atoms with Gasteiger partial charge in [-0.3, -0.25) is 9.59 Å². The van der Waals surface area contributed by atoms with Crippen molar-refractivity contribution < 1.29 is 28.5 Å². The van der Waals surface area contributed by atoms with Gasteiger partial charge < -0.3 is 39.5 Å². The number of hydrogen-bond acceptors (Lipinski definition) is 6. The summed E-state index contributed by atoms with van der Waals surface area (Å²) >= 11 is 0. The second-order valence-corrected chi connectivity index (χ2v) is 18.1. The summed E-state index contributed by atoms with van der Waals surface area (Å²) < 4.78 is 21.8. The fourth-order valence-electron chi connectivity index (χ4n) is 8.20. The summed E-state index contributed by atoms with van der Waals surface area (Å²) in [5, 5.41) is 8.54. The molecular weight excluding hydrogens is 717 g/mol. The Balaban J connectivity index is 0.000000148. The van der Waals surface area contributed by atoms with Gasteiger partial charge in [-0.15, -0.1) is 0 Å². The van der Waals surface area contributed by atoms with E-state index in [0.29, 0.717) is 0 Å². The Hall–Kier alpha value is -5.90. The Morgan fingerprint density at radius 3 is 1.60 bits per heavy atom. The molecule has 2 fully saturated rings. The average molecular weight is 767 g/mol. The largest absolute Gasteiger partial charge is 0.454 e. The highest BCUT2D eigenvalue weighted by molar-refractivity contribution is 6.04. The molecule has 2 saturated carbocycles. The highest BCUT2D eigenvalue weighted by Gasteiger charge is 2.52. The maximum atomic E-state index is 13.2. The van der Waals surface area contributed by atoms with Crippen LogP contribution < -0.4 is 29.6 Å². The molecule has 2 aliphatic heterocycles. The molecule has 57 heavy (non-hydrogen) atoms. The van der Waals surface area contributed by atoms with Crippen LogP contribution in [0.2, 0.25) is 0 Å². The zero-order chi connectivity index (χ0) is 39.9. The number of aryl methyl sites for hydroxylation is 1. The number of ether oxygens (including phenoxy) is 4. The van der Waals surface area contributed by atoms with Crippen molar-refractivity contribution in [2.24, 2.45) is 0 Å². The van der Waals surface area contributed by atoms with Crippen molar-refractivity contribution in [3.8, 4) is 23.0 Å². The van der Waals surface area contributed by atoms with Gasteiger partial charge in [-0.25, -0.2) is 0 Å². The van der Waals surface area contributed by atoms with Gasteiger partial charge in [0.05, 0.1) is 10.8 Å². The van der Waals surface area contributed by atoms with Crippen LogP contribution in [-0.2, 0) is 31.2 Å². The van der Waals surface area contributed by atoms with Crippen molar-refractivity contribution in [2.75, 3.05) is 24.2 Å². The van der Waals surface area contributed by atoms with Crippen LogP contribution in [-0.4, -0.2) is 35.4 Å². The third-order valence-electron chi connectivity index (χ3n) is 12.0. The van der Waals surface area contributed by atoms with E-state index < -0.39 is 10.8 Å². The molecular formula is C47H50N4O6. The number of H-pyrrole nitrogens is 2. The molecule has 294 valence electrons. The van der Waals surface area contributed by atoms with Crippen molar-refractivity contribution in [3.63, 3.8) is 0 Å². The van der Waals surface area contributed by atoms with Crippen molar-refractivity contribution >= 4 is 45.0 Å². The fourth-order valence-corrected chi connectivity index (χ4v) is 8.20. The van der Waals surface area contributed by atoms with Crippen LogP contribution in [0, 0.1) is 6.92 Å². The first-order chi connectivity index (χ1) is 27.1. The molecule has 2 amide bonds. The van der Waals surface area contributed by atoms with Crippen molar-refractivity contribution in [1.82, 2.24) is 9.97 Å². The molecule has 0 spiro atoms. The molecule has 2 aliphatic carbocycles. The van der Waals surface area contributed by atoms with E-state index in [4.69, 9.17) is 18.9 Å². The monoisotopic (exact) mass is 766 g/mol. The van der Waals surface area contributed by atoms with Crippen LogP contribution in [0.15, 0.2) is 78.9 Å². The van der Waals surface area contributed by atoms with Gasteiger partial charge in [0.25, 0.3) is 0 Å². The van der Waals surface area contributed by atoms with Gasteiger partial charge in [0, 0.05) is 55.4 Å². The molecule has 0 unspecified atom stereocenters. The Morgan fingerprint density at radius 1 is 0.579 bits per heavy atom. The minimum absolute atomic E-state index is 0.0392. The number of hydrogen-bond donors (Lipinski definition) is 4. The number of nitrogens with one attached hydrogen (secondary N) is 4. The molecule has 4 heterocycles. The first-order valence-corrected chi connectivity index (χ1v) is 19.8. The molecule has 10 heteroatoms. The maximum absolute atomic E-state index is 13.2. The second-order valence-electron chi connectivity index (χ2n) is 18.1. The molecule has 0 radical (unpaired) electrons. The summed E-state index contributed by atoms with van der Waals surface area (Å²) in [4.78, 5) is 33.3. The molecule has 10 rings (SSSR count). The summed E-state index contributed by atoms with van der Waals surface area (Å²) in [6, 6.07) is 25.9. The van der Waals surface area contributed by atoms with Crippen LogP contribution in [0.5, 0.6) is 23.0 Å². The van der Waals surface area contributed by atoms with Gasteiger partial charge in [0.2, 0.25) is 25.4 Å². The molecule has 0 saturated heterocycles. The molecule has 2 aromatic heterocycles. The Kier molecular flexibility index (Phi) is 8.43. The van der Waals surface area contributed by atoms with Gasteiger partial charge in [-0.2, -0.15) is 0 Å². The van der Waals surface area contributed by atoms with Crippen LogP contribution in [0.3, 0.4) is 0 Å². The molecule has 4 aromatic carbocycles. The standard InChI is InChI=1S/C24H26N2O3.C23H24N2O3/c1-14-17-12-16(6-7-18(17)26-21(14)23(2,3)4)25-22(27)24(9-10-24)15-5-8-19-20(11-15)29-13-28-19;1-22(2,3)20-11-14-10-16(5-6-17(14)25-20)24-21(26)23(8-9-23)15-4-7-18-19(12-15)28-13-27-18/h5-8,11-12,26H,9-10,13H2,1-4H3,(H,25,27);4-7,10-12,25H,8-9,13H2,1-3H3,(H,24,26). The number of benzene rings is 4. The fraction of sp³-hybridized carbons (Fsp3) is 0.362. The number of anilines is 2. The number of rotatable bonds is 6. The predicted molar refractivity (Wildman–Crippen MR) is 223 cm³/mol. The minimum atomic E-state index is -0.473. The van der Waals surface area contributed by atoms with Gasteiger partial charge in [-0.05, 0) is 116 Å². The predicted octanol–water partition coefficient (Wildman–Crippen LogP) is 10.0. The lowest BCUT2D eigenvalue weighted by Gasteiger charge is -2.18. The number of carbonyl (C=O) groups is 2. The Morgan fingerprint density at radius 2 is 1.09 bits per heavy atom. The van der Waals surface area contributed by atoms with E-state index in [9.17, 15) is 9.59 Å². The molecule has 6 aromatic rings. The summed E-state index contributed by atoms with van der Waals surface area (Å²) in [6.45, 7) is 15.8. The molecule has 4 N–H and O–H groups in total. The topological polar surface area (TPSA) is 127 Å². The second kappa shape index (κ2) is 13.1. The van der Waals surface area contributed by atoms with Gasteiger partial charge in [0.15, 0.2) is 23.0 Å². The van der Waals surface area contributed by atoms with E-state index >= 15 is 0 Å². The molecule has 0 atom stereocenters. The third-order valence-corrected chi connectivity index (χ3v) is 12.0. The quantitative estimate of drug-likeness (QED) is 0.134. The summed E-state index contributed by atoms with van der Waals surface area (Å²) in [5.74, 6) is 3.01. The highest BCUT2D eigenvalue weighted by Crippen LogP contribution is 2.52. The lowest BCUT2D eigenvalue weighted by molar-refractivity contribution is -0.119. The van der Waals surface area contributed by atoms with Gasteiger partial charge in [0.1, 0.15) is 0 Å². The zero-order valence-corrected chi connectivity index (χ0v) is 33.7. The van der Waals surface area contributed by atoms with Crippen LogP contribution in [0.25, 0.3) is 21.8 Å². The molecule has 10 nitrogen and oxygen atoms in total. The van der Waals surface area contributed by atoms with Crippen LogP contribution >= 0.6 is 0 Å². The average Bonchev–Trinajstić information content (AvgIpc) is 3.91. The Bertz CT molecular complexity index is 2580. The lowest BCUT2D eigenvalue weighted by Crippen LogP contribution is -2.27. The first kappa shape index (κ1) is 36.7. The number of carbonyl (C=O) groups excluding carboxylic acids is 2. The van der Waals surface area contributed by atoms with E-state index in [-0.39, 0.29) is 36.2 Å². The number of aromatic nitrogens is 2. The van der Waals surface area contributed by atoms with E-state index in [0.717, 1.165) is 93.0 Å². The van der Waals surface area contributed by atoms with E-state index in [1.165, 1.54) is 17.0 Å². The molecule has 0 bridgehead atoms. The van der Waals surface area contributed by atoms with Crippen LogP contribution in [0.4, 0.5) is 11.4 Å². The number of aromatic amines is 2. The number of amides is 2. The number of fused-ring (bicyclic) bond motifs is 4. The van der Waals surface area contributed by atoms with Crippen LogP contribution in [0.1, 0.15) is 95.3 Å². The van der Waals surface area contributed by atoms with E-state index in [2.05, 4.69) is 81.2 Å². The summed E-state index contributed by atoms with van der Waals surface area (Å²) in [7, 11) is 0. The summed E-state index contributed by atoms with van der Waals surface area (Å²) in [6.07, 6.45) is 3.38. The molecule has 4 aliphatic rings. The minimum Gasteiger partial charge on any atom is -0.454 e. The normalized spacial score (nSPS) is 16.9. The van der Waals surface area contributed by atoms with E-state index in [1.807, 2.05) is 66.7 Å².